The van der Waals surface area contributed by atoms with Crippen LogP contribution < -0.4 is 5.32 Å². The van der Waals surface area contributed by atoms with E-state index in [1.165, 1.54) is 6.07 Å². The lowest BCUT2D eigenvalue weighted by molar-refractivity contribution is 0.195. The molecule has 0 aliphatic rings. The first kappa shape index (κ1) is 13.4. The van der Waals surface area contributed by atoms with Crippen LogP contribution in [0.4, 0.5) is 9.18 Å². The molecule has 0 atom stereocenters. The summed E-state index contributed by atoms with van der Waals surface area (Å²) < 4.78 is 13.1. The van der Waals surface area contributed by atoms with Gasteiger partial charge < -0.3 is 15.6 Å². The molecule has 0 aliphatic carbocycles. The number of aromatic nitrogens is 1. The predicted octanol–water partition coefficient (Wildman–Crippen LogP) is 1.04. The smallest absolute Gasteiger partial charge is 0.404 e. The molecule has 1 aromatic rings. The number of nitrogens with one attached hydrogen (secondary N) is 1. The molecule has 0 saturated carbocycles. The normalized spacial score (nSPS) is 9.83. The topological polar surface area (TPSA) is 94.8 Å². The Bertz CT molecular complexity index is 520. The van der Waals surface area contributed by atoms with E-state index in [0.29, 0.717) is 12.1 Å². The van der Waals surface area contributed by atoms with Gasteiger partial charge in [0.1, 0.15) is 11.4 Å². The minimum atomic E-state index is -1.11. The molecule has 7 heteroatoms. The van der Waals surface area contributed by atoms with Crippen molar-refractivity contribution >= 4 is 12.3 Å². The molecule has 0 aliphatic heterocycles. The Balaban J connectivity index is 2.65. The molecule has 1 aromatic heterocycles. The van der Waals surface area contributed by atoms with Gasteiger partial charge in [0, 0.05) is 13.0 Å². The maximum atomic E-state index is 13.1. The summed E-state index contributed by atoms with van der Waals surface area (Å²) in [5.41, 5.74) is 0.189. The van der Waals surface area contributed by atoms with Gasteiger partial charge in [0.2, 0.25) is 0 Å². The summed E-state index contributed by atoms with van der Waals surface area (Å²) in [4.78, 5) is 13.9. The molecule has 94 valence electrons. The Kier molecular flexibility index (Phi) is 5.12. The molecular weight excluding hydrogens is 241 g/mol. The van der Waals surface area contributed by atoms with Crippen molar-refractivity contribution in [2.45, 2.75) is 6.42 Å². The van der Waals surface area contributed by atoms with Crippen LogP contribution in [0.2, 0.25) is 0 Å². The average molecular weight is 251 g/mol. The van der Waals surface area contributed by atoms with Gasteiger partial charge in [-0.3, -0.25) is 0 Å². The van der Waals surface area contributed by atoms with Crippen LogP contribution in [0.1, 0.15) is 17.8 Å². The maximum absolute atomic E-state index is 13.1. The van der Waals surface area contributed by atoms with E-state index in [9.17, 15) is 9.18 Å². The number of halogens is 1. The first-order valence-corrected chi connectivity index (χ1v) is 4.93. The van der Waals surface area contributed by atoms with Crippen molar-refractivity contribution in [2.24, 2.45) is 5.16 Å². The fourth-order valence-electron chi connectivity index (χ4n) is 1.06. The van der Waals surface area contributed by atoms with Gasteiger partial charge in [0.15, 0.2) is 5.82 Å². The number of carboxylic acid groups (broad SMARTS) is 1. The highest BCUT2D eigenvalue weighted by molar-refractivity contribution is 5.76. The molecule has 0 spiro atoms. The van der Waals surface area contributed by atoms with E-state index in [-0.39, 0.29) is 12.2 Å². The first-order chi connectivity index (χ1) is 8.63. The van der Waals surface area contributed by atoms with Gasteiger partial charge in [0.05, 0.1) is 6.21 Å². The predicted molar refractivity (Wildman–Crippen MR) is 61.1 cm³/mol. The Morgan fingerprint density at radius 1 is 1.61 bits per heavy atom. The SMILES string of the molecule is O=C(O)NCCC#Cc1ccc(F)c(C=NO)n1. The Hall–Kier alpha value is -2.62. The summed E-state index contributed by atoms with van der Waals surface area (Å²) >= 11 is 0. The third-order valence-corrected chi connectivity index (χ3v) is 1.80. The number of pyridine rings is 1. The lowest BCUT2D eigenvalue weighted by Crippen LogP contribution is -2.21. The van der Waals surface area contributed by atoms with Gasteiger partial charge in [-0.15, -0.1) is 0 Å². The van der Waals surface area contributed by atoms with E-state index in [4.69, 9.17) is 10.3 Å². The summed E-state index contributed by atoms with van der Waals surface area (Å²) in [6.45, 7) is 0.203. The highest BCUT2D eigenvalue weighted by Crippen LogP contribution is 2.03. The highest BCUT2D eigenvalue weighted by atomic mass is 19.1. The second-order valence-electron chi connectivity index (χ2n) is 3.09. The van der Waals surface area contributed by atoms with Crippen LogP contribution in [-0.2, 0) is 0 Å². The Morgan fingerprint density at radius 2 is 2.39 bits per heavy atom. The number of carbonyl (C=O) groups is 1. The fourth-order valence-corrected chi connectivity index (χ4v) is 1.06. The molecule has 0 bridgehead atoms. The number of rotatable bonds is 3. The van der Waals surface area contributed by atoms with Crippen molar-refractivity contribution < 1.29 is 19.5 Å². The molecule has 18 heavy (non-hydrogen) atoms. The Labute approximate surface area is 102 Å². The van der Waals surface area contributed by atoms with Gasteiger partial charge in [0.25, 0.3) is 0 Å². The van der Waals surface area contributed by atoms with Gasteiger partial charge in [-0.1, -0.05) is 11.1 Å². The third kappa shape index (κ3) is 4.49. The van der Waals surface area contributed by atoms with Crippen LogP contribution in [-0.4, -0.2) is 34.2 Å². The lowest BCUT2D eigenvalue weighted by Gasteiger charge is -1.96. The zero-order valence-electron chi connectivity index (χ0n) is 9.22. The molecule has 6 nitrogen and oxygen atoms in total. The van der Waals surface area contributed by atoms with E-state index in [1.54, 1.807) is 0 Å². The van der Waals surface area contributed by atoms with Gasteiger partial charge in [-0.25, -0.2) is 14.2 Å². The highest BCUT2D eigenvalue weighted by Gasteiger charge is 2.01. The minimum Gasteiger partial charge on any atom is -0.465 e. The van der Waals surface area contributed by atoms with Crippen molar-refractivity contribution in [3.05, 3.63) is 29.3 Å². The number of hydrogen-bond donors (Lipinski definition) is 3. The van der Waals surface area contributed by atoms with Gasteiger partial charge in [-0.05, 0) is 18.1 Å². The second kappa shape index (κ2) is 6.85. The summed E-state index contributed by atoms with van der Waals surface area (Å²) in [6, 6.07) is 2.53. The molecule has 0 aromatic carbocycles. The van der Waals surface area contributed by atoms with Crippen LogP contribution >= 0.6 is 0 Å². The number of hydrogen-bond acceptors (Lipinski definition) is 4. The third-order valence-electron chi connectivity index (χ3n) is 1.80. The van der Waals surface area contributed by atoms with E-state index in [0.717, 1.165) is 12.3 Å². The minimum absolute atomic E-state index is 0.118. The van der Waals surface area contributed by atoms with E-state index in [2.05, 4.69) is 27.3 Å². The standard InChI is InChI=1S/C11H10FN3O3/c12-9-5-4-8(15-10(9)7-14-18)3-1-2-6-13-11(16)17/h4-5,7,13,18H,2,6H2,(H,16,17). The molecule has 0 radical (unpaired) electrons. The van der Waals surface area contributed by atoms with Crippen molar-refractivity contribution in [2.75, 3.05) is 6.54 Å². The molecule has 1 amide bonds. The van der Waals surface area contributed by atoms with Crippen LogP contribution in [0.25, 0.3) is 0 Å². The van der Waals surface area contributed by atoms with Gasteiger partial charge in [-0.2, -0.15) is 0 Å². The molecule has 3 N–H and O–H groups in total. The van der Waals surface area contributed by atoms with E-state index >= 15 is 0 Å². The largest absolute Gasteiger partial charge is 0.465 e. The maximum Gasteiger partial charge on any atom is 0.404 e. The van der Waals surface area contributed by atoms with E-state index < -0.39 is 11.9 Å². The van der Waals surface area contributed by atoms with Crippen LogP contribution in [0.3, 0.4) is 0 Å². The summed E-state index contributed by atoms with van der Waals surface area (Å²) in [5.74, 6) is 4.70. The summed E-state index contributed by atoms with van der Waals surface area (Å²) in [6.07, 6.45) is 0.0690. The van der Waals surface area contributed by atoms with Crippen molar-refractivity contribution in [1.82, 2.24) is 10.3 Å². The number of amides is 1. The van der Waals surface area contributed by atoms with Crippen LogP contribution in [0.15, 0.2) is 17.3 Å². The molecular formula is C11H10FN3O3. The molecule has 1 rings (SSSR count). The van der Waals surface area contributed by atoms with Crippen LogP contribution in [0, 0.1) is 17.7 Å². The average Bonchev–Trinajstić information content (AvgIpc) is 2.32. The monoisotopic (exact) mass is 251 g/mol. The van der Waals surface area contributed by atoms with Crippen molar-refractivity contribution in [3.8, 4) is 11.8 Å². The summed E-state index contributed by atoms with van der Waals surface area (Å²) in [5, 5.41) is 21.4. The quantitative estimate of drug-likeness (QED) is 0.246. The zero-order chi connectivity index (χ0) is 13.4. The summed E-state index contributed by atoms with van der Waals surface area (Å²) in [7, 11) is 0. The zero-order valence-corrected chi connectivity index (χ0v) is 9.22. The number of nitrogens with zero attached hydrogens (tertiary/aromatic N) is 2. The van der Waals surface area contributed by atoms with Crippen molar-refractivity contribution in [3.63, 3.8) is 0 Å². The second-order valence-corrected chi connectivity index (χ2v) is 3.09. The molecule has 1 heterocycles. The molecule has 0 fully saturated rings. The van der Waals surface area contributed by atoms with Crippen LogP contribution in [0.5, 0.6) is 0 Å². The Morgan fingerprint density at radius 3 is 3.06 bits per heavy atom. The first-order valence-electron chi connectivity index (χ1n) is 4.93. The lowest BCUT2D eigenvalue weighted by atomic mass is 10.3. The van der Waals surface area contributed by atoms with Crippen molar-refractivity contribution in [1.29, 1.82) is 0 Å². The van der Waals surface area contributed by atoms with E-state index in [1.807, 2.05) is 0 Å². The fraction of sp³-hybridized carbons (Fsp3) is 0.182. The molecule has 0 saturated heterocycles. The molecule has 0 unspecified atom stereocenters. The number of oxime groups is 1. The van der Waals surface area contributed by atoms with Gasteiger partial charge >= 0.3 is 6.09 Å².